The topological polar surface area (TPSA) is 83.8 Å². The lowest BCUT2D eigenvalue weighted by Crippen LogP contribution is -2.38. The Bertz CT molecular complexity index is 494. The number of hydrogen-bond donors (Lipinski definition) is 2. The number of carbonyl (C=O) groups is 2. The summed E-state index contributed by atoms with van der Waals surface area (Å²) in [6, 6.07) is 5.00. The Morgan fingerprint density at radius 2 is 2.22 bits per heavy atom. The molecular weight excluding hydrogens is 236 g/mol. The Morgan fingerprint density at radius 1 is 1.50 bits per heavy atom. The number of rotatable bonds is 3. The Hall–Kier alpha value is -1.88. The van der Waals surface area contributed by atoms with Crippen LogP contribution in [0.15, 0.2) is 18.2 Å². The van der Waals surface area contributed by atoms with Gasteiger partial charge in [-0.3, -0.25) is 9.59 Å². The molecule has 0 fully saturated rings. The van der Waals surface area contributed by atoms with E-state index in [0.717, 1.165) is 0 Å². The van der Waals surface area contributed by atoms with E-state index in [0.29, 0.717) is 16.9 Å². The summed E-state index contributed by atoms with van der Waals surface area (Å²) in [6.07, 6.45) is 0.256. The first kappa shape index (κ1) is 12.6. The molecule has 2 atom stereocenters. The lowest BCUT2D eigenvalue weighted by molar-refractivity contribution is -0.143. The second kappa shape index (κ2) is 4.78. The van der Waals surface area contributed by atoms with Crippen molar-refractivity contribution in [1.82, 2.24) is 0 Å². The number of benzene rings is 1. The number of methoxy groups -OCH3 is 1. The summed E-state index contributed by atoms with van der Waals surface area (Å²) in [6.45, 7) is -0.452. The highest BCUT2D eigenvalue weighted by atomic mass is 16.5. The molecule has 0 bridgehead atoms. The van der Waals surface area contributed by atoms with Gasteiger partial charge in [0.15, 0.2) is 5.78 Å². The first-order valence-electron chi connectivity index (χ1n) is 5.63. The van der Waals surface area contributed by atoms with Gasteiger partial charge in [0, 0.05) is 5.56 Å². The van der Waals surface area contributed by atoms with E-state index in [1.165, 1.54) is 7.11 Å². The average molecular weight is 250 g/mol. The number of carbonyl (C=O) groups excluding carboxylic acids is 1. The van der Waals surface area contributed by atoms with Crippen LogP contribution in [0, 0.1) is 11.8 Å². The number of ether oxygens (including phenoxy) is 1. The van der Waals surface area contributed by atoms with Gasteiger partial charge in [-0.25, -0.2) is 0 Å². The van der Waals surface area contributed by atoms with Gasteiger partial charge in [0.1, 0.15) is 5.75 Å². The maximum absolute atomic E-state index is 12.2. The van der Waals surface area contributed by atoms with Gasteiger partial charge in [-0.05, 0) is 24.1 Å². The van der Waals surface area contributed by atoms with E-state index in [4.69, 9.17) is 9.84 Å². The Balaban J connectivity index is 2.46. The predicted octanol–water partition coefficient (Wildman–Crippen LogP) is 0.743. The quantitative estimate of drug-likeness (QED) is 0.826. The number of hydrogen-bond acceptors (Lipinski definition) is 4. The minimum absolute atomic E-state index is 0.256. The number of aliphatic carboxylic acids is 1. The Kier molecular flexibility index (Phi) is 3.34. The molecule has 2 rings (SSSR count). The average Bonchev–Trinajstić information content (AvgIpc) is 2.38. The number of carboxylic acid groups (broad SMARTS) is 1. The first-order chi connectivity index (χ1) is 8.58. The molecule has 0 aliphatic heterocycles. The Labute approximate surface area is 104 Å². The smallest absolute Gasteiger partial charge is 0.307 e. The molecule has 5 heteroatoms. The highest BCUT2D eigenvalue weighted by Gasteiger charge is 2.39. The van der Waals surface area contributed by atoms with E-state index in [1.807, 2.05) is 0 Å². The molecule has 0 saturated carbocycles. The molecule has 0 radical (unpaired) electrons. The van der Waals surface area contributed by atoms with Gasteiger partial charge in [0.25, 0.3) is 0 Å². The van der Waals surface area contributed by atoms with Gasteiger partial charge in [-0.1, -0.05) is 6.07 Å². The summed E-state index contributed by atoms with van der Waals surface area (Å²) in [7, 11) is 1.50. The normalized spacial score (nSPS) is 22.4. The van der Waals surface area contributed by atoms with Crippen LogP contribution in [0.25, 0.3) is 0 Å². The van der Waals surface area contributed by atoms with Crippen LogP contribution >= 0.6 is 0 Å². The van der Waals surface area contributed by atoms with Crippen molar-refractivity contribution >= 4 is 11.8 Å². The summed E-state index contributed by atoms with van der Waals surface area (Å²) in [4.78, 5) is 23.3. The molecule has 1 aromatic rings. The van der Waals surface area contributed by atoms with Crippen LogP contribution in [0.2, 0.25) is 0 Å². The SMILES string of the molecule is COc1ccc2c(c1)C(=O)[C@H](CO)[C@@H](C(=O)O)C2. The highest BCUT2D eigenvalue weighted by molar-refractivity contribution is 6.03. The van der Waals surface area contributed by atoms with E-state index in [9.17, 15) is 14.7 Å². The van der Waals surface area contributed by atoms with Gasteiger partial charge < -0.3 is 14.9 Å². The third-order valence-electron chi connectivity index (χ3n) is 3.36. The molecule has 0 saturated heterocycles. The number of fused-ring (bicyclic) bond motifs is 1. The summed E-state index contributed by atoms with van der Waals surface area (Å²) in [5, 5.41) is 18.3. The highest BCUT2D eigenvalue weighted by Crippen LogP contribution is 2.32. The summed E-state index contributed by atoms with van der Waals surface area (Å²) in [5.74, 6) is -2.56. The van der Waals surface area contributed by atoms with Crippen molar-refractivity contribution in [3.05, 3.63) is 29.3 Å². The van der Waals surface area contributed by atoms with Crippen molar-refractivity contribution in [3.8, 4) is 5.75 Å². The fourth-order valence-corrected chi connectivity index (χ4v) is 2.32. The molecule has 18 heavy (non-hydrogen) atoms. The third-order valence-corrected chi connectivity index (χ3v) is 3.36. The van der Waals surface area contributed by atoms with Gasteiger partial charge in [0.2, 0.25) is 0 Å². The zero-order valence-corrected chi connectivity index (χ0v) is 9.92. The molecule has 1 aromatic carbocycles. The van der Waals surface area contributed by atoms with Crippen LogP contribution in [0.5, 0.6) is 5.75 Å². The van der Waals surface area contributed by atoms with Crippen molar-refractivity contribution in [1.29, 1.82) is 0 Å². The van der Waals surface area contributed by atoms with Crippen LogP contribution in [0.1, 0.15) is 15.9 Å². The van der Waals surface area contributed by atoms with Crippen molar-refractivity contribution in [2.45, 2.75) is 6.42 Å². The monoisotopic (exact) mass is 250 g/mol. The van der Waals surface area contributed by atoms with Crippen LogP contribution in [0.4, 0.5) is 0 Å². The first-order valence-corrected chi connectivity index (χ1v) is 5.63. The molecule has 0 unspecified atom stereocenters. The summed E-state index contributed by atoms with van der Waals surface area (Å²) < 4.78 is 5.04. The molecule has 0 aromatic heterocycles. The minimum atomic E-state index is -1.05. The largest absolute Gasteiger partial charge is 0.497 e. The zero-order chi connectivity index (χ0) is 13.3. The predicted molar refractivity (Wildman–Crippen MR) is 62.7 cm³/mol. The van der Waals surface area contributed by atoms with Gasteiger partial charge in [-0.2, -0.15) is 0 Å². The molecule has 0 heterocycles. The molecule has 0 spiro atoms. The maximum Gasteiger partial charge on any atom is 0.307 e. The fourth-order valence-electron chi connectivity index (χ4n) is 2.32. The van der Waals surface area contributed by atoms with Crippen molar-refractivity contribution in [3.63, 3.8) is 0 Å². The molecule has 2 N–H and O–H groups in total. The van der Waals surface area contributed by atoms with Gasteiger partial charge in [0.05, 0.1) is 25.6 Å². The molecular formula is C13H14O5. The van der Waals surface area contributed by atoms with Crippen LogP contribution in [0.3, 0.4) is 0 Å². The van der Waals surface area contributed by atoms with Crippen molar-refractivity contribution < 1.29 is 24.5 Å². The van der Waals surface area contributed by atoms with Crippen molar-refractivity contribution in [2.24, 2.45) is 11.8 Å². The van der Waals surface area contributed by atoms with Crippen LogP contribution in [-0.2, 0) is 11.2 Å². The minimum Gasteiger partial charge on any atom is -0.497 e. The molecule has 5 nitrogen and oxygen atoms in total. The number of aliphatic hydroxyl groups excluding tert-OH is 1. The van der Waals surface area contributed by atoms with Crippen molar-refractivity contribution in [2.75, 3.05) is 13.7 Å². The van der Waals surface area contributed by atoms with Crippen LogP contribution in [-0.4, -0.2) is 35.7 Å². The van der Waals surface area contributed by atoms with Crippen LogP contribution < -0.4 is 4.74 Å². The number of Topliss-reactive ketones (excluding diaryl/α,β-unsaturated/α-hetero) is 1. The van der Waals surface area contributed by atoms with Gasteiger partial charge in [-0.15, -0.1) is 0 Å². The zero-order valence-electron chi connectivity index (χ0n) is 9.92. The number of carboxylic acids is 1. The van der Waals surface area contributed by atoms with E-state index in [1.54, 1.807) is 18.2 Å². The fraction of sp³-hybridized carbons (Fsp3) is 0.385. The molecule has 1 aliphatic carbocycles. The lowest BCUT2D eigenvalue weighted by Gasteiger charge is -2.28. The lowest BCUT2D eigenvalue weighted by atomic mass is 9.75. The van der Waals surface area contributed by atoms with E-state index < -0.39 is 24.4 Å². The second-order valence-corrected chi connectivity index (χ2v) is 4.33. The summed E-state index contributed by atoms with van der Waals surface area (Å²) >= 11 is 0. The third kappa shape index (κ3) is 1.97. The van der Waals surface area contributed by atoms with Gasteiger partial charge >= 0.3 is 5.97 Å². The number of aliphatic hydroxyl groups is 1. The summed E-state index contributed by atoms with van der Waals surface area (Å²) in [5.41, 5.74) is 1.14. The van der Waals surface area contributed by atoms with E-state index in [-0.39, 0.29) is 12.2 Å². The molecule has 0 amide bonds. The maximum atomic E-state index is 12.2. The standard InChI is InChI=1S/C13H14O5/c1-18-8-3-2-7-4-10(13(16)17)11(6-14)12(15)9(7)5-8/h2-3,5,10-11,14H,4,6H2,1H3,(H,16,17)/t10-,11+/m0/s1. The number of ketones is 1. The van der Waals surface area contributed by atoms with E-state index >= 15 is 0 Å². The van der Waals surface area contributed by atoms with E-state index in [2.05, 4.69) is 0 Å². The molecule has 96 valence electrons. The molecule has 1 aliphatic rings. The second-order valence-electron chi connectivity index (χ2n) is 4.33. The Morgan fingerprint density at radius 3 is 2.78 bits per heavy atom.